The zero-order valence-corrected chi connectivity index (χ0v) is 12.0. The smallest absolute Gasteiger partial charge is 0.314 e. The predicted octanol–water partition coefficient (Wildman–Crippen LogP) is 4.49. The first kappa shape index (κ1) is 14.1. The maximum atomic E-state index is 11.7. The van der Waals surface area contributed by atoms with Crippen LogP contribution in [0.4, 0.5) is 0 Å². The van der Waals surface area contributed by atoms with Gasteiger partial charge in [-0.2, -0.15) is 0 Å². The van der Waals surface area contributed by atoms with E-state index in [1.54, 1.807) is 0 Å². The number of hydrogen-bond donors (Lipinski definition) is 1. The summed E-state index contributed by atoms with van der Waals surface area (Å²) in [5, 5.41) is 9.59. The van der Waals surface area contributed by atoms with Gasteiger partial charge in [-0.25, -0.2) is 0 Å². The van der Waals surface area contributed by atoms with E-state index in [0.717, 1.165) is 44.1 Å². The Bertz CT molecular complexity index is 423. The van der Waals surface area contributed by atoms with Crippen LogP contribution < -0.4 is 0 Å². The molecule has 1 aliphatic carbocycles. The summed E-state index contributed by atoms with van der Waals surface area (Å²) in [5.74, 6) is -0.0568. The molecule has 0 saturated heterocycles. The monoisotopic (exact) mass is 260 g/mol. The van der Waals surface area contributed by atoms with E-state index < -0.39 is 11.4 Å². The van der Waals surface area contributed by atoms with Crippen LogP contribution >= 0.6 is 0 Å². The summed E-state index contributed by atoms with van der Waals surface area (Å²) in [6.07, 6.45) is 5.90. The van der Waals surface area contributed by atoms with Gasteiger partial charge in [0.2, 0.25) is 0 Å². The summed E-state index contributed by atoms with van der Waals surface area (Å²) >= 11 is 0. The molecule has 1 aromatic rings. The normalized spacial score (nSPS) is 17.8. The highest BCUT2D eigenvalue weighted by Gasteiger charge is 2.42. The van der Waals surface area contributed by atoms with Crippen molar-refractivity contribution >= 4 is 5.97 Å². The zero-order chi connectivity index (χ0) is 13.9. The first-order valence-corrected chi connectivity index (χ1v) is 7.48. The minimum absolute atomic E-state index is 0.596. The maximum absolute atomic E-state index is 11.7. The van der Waals surface area contributed by atoms with Crippen molar-refractivity contribution in [3.8, 4) is 0 Å². The summed E-state index contributed by atoms with van der Waals surface area (Å²) < 4.78 is 0. The van der Waals surface area contributed by atoms with Gasteiger partial charge in [-0.15, -0.1) is 0 Å². The first-order chi connectivity index (χ1) is 9.14. The Balaban J connectivity index is 2.29. The van der Waals surface area contributed by atoms with Gasteiger partial charge >= 0.3 is 5.97 Å². The highest BCUT2D eigenvalue weighted by atomic mass is 16.4. The van der Waals surface area contributed by atoms with Gasteiger partial charge in [0.05, 0.1) is 5.41 Å². The summed E-state index contributed by atoms with van der Waals surface area (Å²) in [7, 11) is 0. The second kappa shape index (κ2) is 5.77. The Morgan fingerprint density at radius 2 is 1.68 bits per heavy atom. The Kier molecular flexibility index (Phi) is 4.28. The van der Waals surface area contributed by atoms with Gasteiger partial charge in [-0.1, -0.05) is 51.0 Å². The van der Waals surface area contributed by atoms with Crippen LogP contribution in [-0.4, -0.2) is 11.1 Å². The first-order valence-electron chi connectivity index (χ1n) is 7.48. The molecule has 1 aliphatic rings. The Morgan fingerprint density at radius 1 is 1.16 bits per heavy atom. The molecule has 2 heteroatoms. The molecule has 0 bridgehead atoms. The number of carboxylic acid groups (broad SMARTS) is 1. The van der Waals surface area contributed by atoms with Crippen molar-refractivity contribution in [2.45, 2.75) is 63.7 Å². The van der Waals surface area contributed by atoms with Crippen LogP contribution in [0.5, 0.6) is 0 Å². The molecule has 1 N–H and O–H groups in total. The molecule has 0 aliphatic heterocycles. The third-order valence-corrected chi connectivity index (χ3v) is 4.79. The van der Waals surface area contributed by atoms with E-state index in [9.17, 15) is 9.90 Å². The number of benzene rings is 1. The number of rotatable bonds is 5. The third kappa shape index (κ3) is 2.54. The molecule has 0 amide bonds. The largest absolute Gasteiger partial charge is 0.481 e. The van der Waals surface area contributed by atoms with Gasteiger partial charge < -0.3 is 5.11 Å². The fourth-order valence-corrected chi connectivity index (χ4v) is 3.44. The van der Waals surface area contributed by atoms with Crippen LogP contribution in [-0.2, 0) is 10.2 Å². The minimum Gasteiger partial charge on any atom is -0.481 e. The molecule has 1 aromatic carbocycles. The molecule has 1 saturated carbocycles. The number of aliphatic carboxylic acids is 1. The molecule has 0 unspecified atom stereocenters. The molecule has 0 atom stereocenters. The van der Waals surface area contributed by atoms with Crippen molar-refractivity contribution in [1.29, 1.82) is 0 Å². The van der Waals surface area contributed by atoms with Crippen molar-refractivity contribution in [2.24, 2.45) is 0 Å². The third-order valence-electron chi connectivity index (χ3n) is 4.79. The summed E-state index contributed by atoms with van der Waals surface area (Å²) in [6.45, 7) is 4.41. The highest BCUT2D eigenvalue weighted by Crippen LogP contribution is 2.41. The van der Waals surface area contributed by atoms with E-state index in [1.165, 1.54) is 5.56 Å². The lowest BCUT2D eigenvalue weighted by Crippen LogP contribution is -2.32. The summed E-state index contributed by atoms with van der Waals surface area (Å²) in [4.78, 5) is 11.7. The molecule has 19 heavy (non-hydrogen) atoms. The Hall–Kier alpha value is -1.31. The van der Waals surface area contributed by atoms with Crippen LogP contribution in [0.15, 0.2) is 24.3 Å². The standard InChI is InChI=1S/C17H24O2/c1-3-13(4-2)14-7-9-15(10-8-14)17(16(18)19)11-5-6-12-17/h7-10,13H,3-6,11-12H2,1-2H3,(H,18,19). The van der Waals surface area contributed by atoms with Crippen LogP contribution in [0.2, 0.25) is 0 Å². The molecule has 2 rings (SSSR count). The molecule has 0 aromatic heterocycles. The maximum Gasteiger partial charge on any atom is 0.314 e. The van der Waals surface area contributed by atoms with Crippen molar-refractivity contribution in [2.75, 3.05) is 0 Å². The Labute approximate surface area is 115 Å². The average Bonchev–Trinajstić information content (AvgIpc) is 2.91. The fourth-order valence-electron chi connectivity index (χ4n) is 3.44. The second-order valence-corrected chi connectivity index (χ2v) is 5.73. The zero-order valence-electron chi connectivity index (χ0n) is 12.0. The van der Waals surface area contributed by atoms with E-state index in [1.807, 2.05) is 12.1 Å². The molecular weight excluding hydrogens is 236 g/mol. The van der Waals surface area contributed by atoms with Crippen LogP contribution in [0.3, 0.4) is 0 Å². The van der Waals surface area contributed by atoms with Gasteiger partial charge in [0.15, 0.2) is 0 Å². The second-order valence-electron chi connectivity index (χ2n) is 5.73. The van der Waals surface area contributed by atoms with E-state index in [0.29, 0.717) is 5.92 Å². The SMILES string of the molecule is CCC(CC)c1ccc(C2(C(=O)O)CCCC2)cc1. The molecule has 1 fully saturated rings. The van der Waals surface area contributed by atoms with Crippen LogP contribution in [0.25, 0.3) is 0 Å². The van der Waals surface area contributed by atoms with Gasteiger partial charge in [-0.3, -0.25) is 4.79 Å². The number of hydrogen-bond acceptors (Lipinski definition) is 1. The van der Waals surface area contributed by atoms with Crippen LogP contribution in [0, 0.1) is 0 Å². The highest BCUT2D eigenvalue weighted by molar-refractivity contribution is 5.81. The van der Waals surface area contributed by atoms with E-state index in [-0.39, 0.29) is 0 Å². The minimum atomic E-state index is -0.653. The average molecular weight is 260 g/mol. The van der Waals surface area contributed by atoms with Crippen molar-refractivity contribution in [1.82, 2.24) is 0 Å². The lowest BCUT2D eigenvalue weighted by atomic mass is 9.78. The van der Waals surface area contributed by atoms with Gasteiger partial charge in [0.1, 0.15) is 0 Å². The van der Waals surface area contributed by atoms with Gasteiger partial charge in [0, 0.05) is 0 Å². The molecule has 0 radical (unpaired) electrons. The van der Waals surface area contributed by atoms with E-state index in [2.05, 4.69) is 26.0 Å². The lowest BCUT2D eigenvalue weighted by Gasteiger charge is -2.25. The molecule has 2 nitrogen and oxygen atoms in total. The Morgan fingerprint density at radius 3 is 2.11 bits per heavy atom. The molecular formula is C17H24O2. The number of carboxylic acids is 1. The summed E-state index contributed by atoms with van der Waals surface area (Å²) in [5.41, 5.74) is 1.71. The summed E-state index contributed by atoms with van der Waals surface area (Å²) in [6, 6.07) is 8.37. The van der Waals surface area contributed by atoms with Gasteiger partial charge in [-0.05, 0) is 42.7 Å². The van der Waals surface area contributed by atoms with E-state index in [4.69, 9.17) is 0 Å². The molecule has 0 spiro atoms. The van der Waals surface area contributed by atoms with Crippen molar-refractivity contribution in [3.05, 3.63) is 35.4 Å². The quantitative estimate of drug-likeness (QED) is 0.847. The fraction of sp³-hybridized carbons (Fsp3) is 0.588. The molecule has 104 valence electrons. The van der Waals surface area contributed by atoms with Gasteiger partial charge in [0.25, 0.3) is 0 Å². The predicted molar refractivity (Wildman–Crippen MR) is 77.5 cm³/mol. The van der Waals surface area contributed by atoms with Crippen molar-refractivity contribution in [3.63, 3.8) is 0 Å². The number of carbonyl (C=O) groups is 1. The topological polar surface area (TPSA) is 37.3 Å². The van der Waals surface area contributed by atoms with Crippen LogP contribution in [0.1, 0.15) is 69.4 Å². The van der Waals surface area contributed by atoms with Crippen molar-refractivity contribution < 1.29 is 9.90 Å². The lowest BCUT2D eigenvalue weighted by molar-refractivity contribution is -0.143. The van der Waals surface area contributed by atoms with E-state index >= 15 is 0 Å². The molecule has 0 heterocycles.